The minimum absolute atomic E-state index is 0.0334. The van der Waals surface area contributed by atoms with Gasteiger partial charge in [-0.05, 0) is 115 Å². The number of fused-ring (bicyclic) bond motifs is 2. The maximum atomic E-state index is 14.6. The molecule has 3 aromatic carbocycles. The van der Waals surface area contributed by atoms with Gasteiger partial charge in [0.15, 0.2) is 5.65 Å². The highest BCUT2D eigenvalue weighted by atomic mass is 32.2. The van der Waals surface area contributed by atoms with E-state index in [0.717, 1.165) is 33.1 Å². The van der Waals surface area contributed by atoms with Gasteiger partial charge in [0.05, 0.1) is 62.3 Å². The number of hydrogen-bond donors (Lipinski definition) is 3. The van der Waals surface area contributed by atoms with Crippen LogP contribution in [0.3, 0.4) is 0 Å². The lowest BCUT2D eigenvalue weighted by molar-refractivity contribution is -0.138. The number of H-pyrrole nitrogens is 1. The Labute approximate surface area is 551 Å². The van der Waals surface area contributed by atoms with Crippen LogP contribution in [0.2, 0.25) is 0 Å². The second kappa shape index (κ2) is 27.2. The molecule has 0 unspecified atom stereocenters. The standard InChI is InChI=1S/C37H34F3N7O5S.C31H30F3N7O3/c1-4-46(36(48)51-21-24-11-7-5-8-12-24)31-18-17-29(31)43-35-41-19-28(37(38,39)40)33(44-35)27-20-47(53(49,50)25-13-9-6-10-14-25)34-26(27)15-16-30(42-34)32-22(2)45-52-23(32)3;1-4-41(30(42)43-16-19-8-6-5-7-9-19)25-13-12-23(25)38-29-36-15-22(31(32,33)34)27(39-29)21-14-35-28-20(21)10-11-24(37-28)26-17(2)40-44-18(26)3/h5-16,19-20,29,31H,4,17-18,21H2,1-3H3,(H,41,43,44);5-11,14-15,23,25H,4,12-13,16H2,1-3H3,(H,35,37)(H,36,38,39)/t29-,31-;23-,25-/m00/s1. The molecule has 4 atom stereocenters. The van der Waals surface area contributed by atoms with Gasteiger partial charge in [0.25, 0.3) is 10.0 Å². The van der Waals surface area contributed by atoms with Crippen molar-refractivity contribution < 1.29 is 62.9 Å². The molecule has 2 amide bonds. The average molecular weight is 1350 g/mol. The highest BCUT2D eigenvalue weighted by Crippen LogP contribution is 2.43. The maximum Gasteiger partial charge on any atom is 0.419 e. The van der Waals surface area contributed by atoms with Gasteiger partial charge in [-0.1, -0.05) is 89.2 Å². The predicted molar refractivity (Wildman–Crippen MR) is 346 cm³/mol. The zero-order chi connectivity index (χ0) is 68.5. The zero-order valence-corrected chi connectivity index (χ0v) is 53.9. The van der Waals surface area contributed by atoms with Crippen LogP contribution in [0.15, 0.2) is 154 Å². The van der Waals surface area contributed by atoms with Gasteiger partial charge in [-0.3, -0.25) is 0 Å². The minimum Gasteiger partial charge on any atom is -0.445 e. The number of halogens is 6. The number of pyridine rings is 2. The van der Waals surface area contributed by atoms with E-state index in [1.807, 2.05) is 74.5 Å². The number of anilines is 2. The van der Waals surface area contributed by atoms with Crippen LogP contribution in [0, 0.1) is 27.7 Å². The van der Waals surface area contributed by atoms with Crippen LogP contribution in [0.4, 0.5) is 47.8 Å². The largest absolute Gasteiger partial charge is 0.445 e. The number of aryl methyl sites for hydroxylation is 4. The zero-order valence-electron chi connectivity index (χ0n) is 53.1. The first-order valence-corrected chi connectivity index (χ1v) is 32.5. The van der Waals surface area contributed by atoms with Crippen LogP contribution in [-0.4, -0.2) is 117 Å². The van der Waals surface area contributed by atoms with Crippen molar-refractivity contribution in [1.29, 1.82) is 0 Å². The lowest BCUT2D eigenvalue weighted by Gasteiger charge is -2.43. The van der Waals surface area contributed by atoms with E-state index in [1.165, 1.54) is 24.4 Å². The molecule has 11 aromatic rings. The Kier molecular flexibility index (Phi) is 18.6. The van der Waals surface area contributed by atoms with Crippen molar-refractivity contribution in [2.24, 2.45) is 0 Å². The summed E-state index contributed by atoms with van der Waals surface area (Å²) in [4.78, 5) is 58.0. The van der Waals surface area contributed by atoms with E-state index >= 15 is 0 Å². The smallest absolute Gasteiger partial charge is 0.419 e. The van der Waals surface area contributed by atoms with Crippen molar-refractivity contribution in [2.75, 3.05) is 23.7 Å². The monoisotopic (exact) mass is 1350 g/mol. The number of ether oxygens (including phenoxy) is 2. The topological polar surface area (TPSA) is 267 Å². The van der Waals surface area contributed by atoms with Gasteiger partial charge in [0.2, 0.25) is 11.9 Å². The molecule has 22 nitrogen and oxygen atoms in total. The number of rotatable bonds is 18. The second-order valence-electron chi connectivity index (χ2n) is 23.3. The molecule has 0 saturated heterocycles. The quantitative estimate of drug-likeness (QED) is 0.0674. The summed E-state index contributed by atoms with van der Waals surface area (Å²) in [5.41, 5.74) is 2.47. The Morgan fingerprint density at radius 2 is 1.05 bits per heavy atom. The van der Waals surface area contributed by atoms with E-state index in [4.69, 9.17) is 18.5 Å². The van der Waals surface area contributed by atoms with Crippen molar-refractivity contribution in [3.63, 3.8) is 0 Å². The number of benzene rings is 3. The Morgan fingerprint density at radius 1 is 0.598 bits per heavy atom. The van der Waals surface area contributed by atoms with E-state index in [0.29, 0.717) is 95.9 Å². The summed E-state index contributed by atoms with van der Waals surface area (Å²) in [7, 11) is -4.36. The van der Waals surface area contributed by atoms with Crippen molar-refractivity contribution >= 4 is 56.2 Å². The third-order valence-electron chi connectivity index (χ3n) is 17.2. The van der Waals surface area contributed by atoms with Gasteiger partial charge < -0.3 is 43.9 Å². The number of nitrogens with zero attached hydrogens (tertiary/aromatic N) is 11. The van der Waals surface area contributed by atoms with Gasteiger partial charge in [-0.15, -0.1) is 0 Å². The number of amides is 2. The number of likely N-dealkylation sites (N-methyl/N-ethyl adjacent to an activating group) is 2. The van der Waals surface area contributed by atoms with Crippen LogP contribution in [-0.2, 0) is 45.1 Å². The SMILES string of the molecule is CCN(C(=O)OCc1ccccc1)[C@H]1CC[C@@H]1Nc1ncc(C(F)(F)F)c(-c2c[nH]c3nc(-c4c(C)noc4C)ccc23)n1.CCN(C(=O)OCc1ccccc1)[C@H]1CC[C@@H]1Nc1ncc(C(F)(F)F)c(-c2cn(S(=O)(=O)c3ccccc3)c3nc(-c4c(C)noc4C)ccc23)n1. The third-order valence-corrected chi connectivity index (χ3v) is 18.9. The summed E-state index contributed by atoms with van der Waals surface area (Å²) < 4.78 is 137. The predicted octanol–water partition coefficient (Wildman–Crippen LogP) is 14.5. The Bertz CT molecular complexity index is 4760. The lowest BCUT2D eigenvalue weighted by Crippen LogP contribution is -2.56. The molecule has 0 aliphatic heterocycles. The summed E-state index contributed by atoms with van der Waals surface area (Å²) in [6, 6.07) is 31.4. The van der Waals surface area contributed by atoms with Crippen LogP contribution >= 0.6 is 0 Å². The molecule has 502 valence electrons. The van der Waals surface area contributed by atoms with Crippen LogP contribution < -0.4 is 10.6 Å². The van der Waals surface area contributed by atoms with E-state index < -0.39 is 51.4 Å². The number of aromatic nitrogens is 10. The van der Waals surface area contributed by atoms with Crippen molar-refractivity contribution in [3.05, 3.63) is 185 Å². The summed E-state index contributed by atoms with van der Waals surface area (Å²) in [5.74, 6) is 0.937. The molecule has 2 fully saturated rings. The molecule has 29 heteroatoms. The molecule has 2 aliphatic carbocycles. The second-order valence-corrected chi connectivity index (χ2v) is 25.1. The molecule has 13 rings (SSSR count). The fourth-order valence-corrected chi connectivity index (χ4v) is 13.4. The summed E-state index contributed by atoms with van der Waals surface area (Å²) in [6.07, 6.45) is -3.92. The minimum atomic E-state index is -4.90. The molecule has 8 aromatic heterocycles. The number of aromatic amines is 1. The molecule has 8 heterocycles. The van der Waals surface area contributed by atoms with Crippen molar-refractivity contribution in [1.82, 2.24) is 59.0 Å². The highest BCUT2D eigenvalue weighted by molar-refractivity contribution is 7.90. The van der Waals surface area contributed by atoms with E-state index in [2.05, 4.69) is 55.8 Å². The number of carbonyl (C=O) groups is 2. The van der Waals surface area contributed by atoms with Crippen molar-refractivity contribution in [3.8, 4) is 45.0 Å². The molecule has 3 N–H and O–H groups in total. The fraction of sp³-hybridized carbons (Fsp3) is 0.294. The van der Waals surface area contributed by atoms with Crippen LogP contribution in [0.5, 0.6) is 0 Å². The Balaban J connectivity index is 0.000000188. The van der Waals surface area contributed by atoms with Gasteiger partial charge in [-0.2, -0.15) is 26.3 Å². The average Bonchev–Trinajstić information content (AvgIpc) is 1.64. The Hall–Kier alpha value is -10.7. The van der Waals surface area contributed by atoms with Crippen LogP contribution in [0.1, 0.15) is 84.7 Å². The molecule has 0 bridgehead atoms. The summed E-state index contributed by atoms with van der Waals surface area (Å²) in [5, 5.41) is 14.8. The van der Waals surface area contributed by atoms with Gasteiger partial charge in [0.1, 0.15) is 41.5 Å². The molecule has 0 radical (unpaired) electrons. The molecule has 2 saturated carbocycles. The van der Waals surface area contributed by atoms with Crippen molar-refractivity contribution in [2.45, 2.75) is 122 Å². The first kappa shape index (κ1) is 66.3. The lowest BCUT2D eigenvalue weighted by atomic mass is 9.85. The number of carbonyl (C=O) groups excluding carboxylic acids is 2. The van der Waals surface area contributed by atoms with E-state index in [9.17, 15) is 44.3 Å². The summed E-state index contributed by atoms with van der Waals surface area (Å²) in [6.45, 7) is 11.6. The highest BCUT2D eigenvalue weighted by Gasteiger charge is 2.43. The molecule has 0 spiro atoms. The fourth-order valence-electron chi connectivity index (χ4n) is 12.0. The first-order valence-electron chi connectivity index (χ1n) is 31.0. The molecular formula is C68H64F6N14O8S. The normalized spacial score (nSPS) is 16.2. The number of alkyl halides is 6. The molecule has 2 aliphatic rings. The third kappa shape index (κ3) is 13.6. The van der Waals surface area contributed by atoms with E-state index in [-0.39, 0.29) is 82.0 Å². The summed E-state index contributed by atoms with van der Waals surface area (Å²) >= 11 is 0. The Morgan fingerprint density at radius 3 is 1.48 bits per heavy atom. The number of nitrogens with one attached hydrogen (secondary N) is 3. The first-order chi connectivity index (χ1) is 46.5. The van der Waals surface area contributed by atoms with Crippen LogP contribution in [0.25, 0.3) is 67.1 Å². The van der Waals surface area contributed by atoms with Gasteiger partial charge in [0, 0.05) is 71.9 Å². The molecular weight excluding hydrogens is 1290 g/mol. The van der Waals surface area contributed by atoms with Gasteiger partial charge in [-0.25, -0.2) is 51.9 Å². The maximum absolute atomic E-state index is 14.6. The van der Waals surface area contributed by atoms with Gasteiger partial charge >= 0.3 is 24.5 Å². The number of hydrogen-bond acceptors (Lipinski definition) is 18. The van der Waals surface area contributed by atoms with E-state index in [1.54, 1.807) is 73.9 Å². The molecule has 97 heavy (non-hydrogen) atoms.